The molecule has 0 saturated heterocycles. The van der Waals surface area contributed by atoms with E-state index in [0.29, 0.717) is 28.5 Å². The number of carbonyl (C=O) groups excluding carboxylic acids is 2. The average Bonchev–Trinajstić information content (AvgIpc) is 2.84. The van der Waals surface area contributed by atoms with Crippen LogP contribution in [0.1, 0.15) is 5.56 Å². The van der Waals surface area contributed by atoms with Gasteiger partial charge in [-0.05, 0) is 66.2 Å². The molecule has 0 saturated carbocycles. The number of hydrazone groups is 1. The number of nitrogens with one attached hydrogen (secondary N) is 2. The molecule has 2 N–H and O–H groups in total. The summed E-state index contributed by atoms with van der Waals surface area (Å²) in [4.78, 5) is 24.2. The highest BCUT2D eigenvalue weighted by Crippen LogP contribution is 2.30. The predicted octanol–water partition coefficient (Wildman–Crippen LogP) is 3.13. The Kier molecular flexibility index (Phi) is 6.79. The lowest BCUT2D eigenvalue weighted by atomic mass is 10.2. The third kappa shape index (κ3) is 6.07. The van der Waals surface area contributed by atoms with Crippen LogP contribution in [0.3, 0.4) is 0 Å². The second-order valence-electron chi connectivity index (χ2n) is 7.01. The zero-order chi connectivity index (χ0) is 23.0. The number of amides is 2. The van der Waals surface area contributed by atoms with Gasteiger partial charge < -0.3 is 19.5 Å². The van der Waals surface area contributed by atoms with Gasteiger partial charge >= 0.3 is 0 Å². The minimum atomic E-state index is -0.797. The van der Waals surface area contributed by atoms with E-state index in [4.69, 9.17) is 14.2 Å². The summed E-state index contributed by atoms with van der Waals surface area (Å²) >= 11 is 0. The second kappa shape index (κ2) is 10.3. The molecule has 8 nitrogen and oxygen atoms in total. The summed E-state index contributed by atoms with van der Waals surface area (Å²) in [7, 11) is 0. The van der Waals surface area contributed by atoms with E-state index in [9.17, 15) is 14.0 Å². The van der Waals surface area contributed by atoms with Gasteiger partial charge in [0.1, 0.15) is 18.2 Å². The topological polar surface area (TPSA) is 98.2 Å². The lowest BCUT2D eigenvalue weighted by molar-refractivity contribution is -0.130. The molecular formula is C24H20FN3O5. The highest BCUT2D eigenvalue weighted by molar-refractivity contribution is 5.91. The van der Waals surface area contributed by atoms with E-state index in [0.717, 1.165) is 0 Å². The number of para-hydroxylation sites is 2. The Bertz CT molecular complexity index is 1150. The van der Waals surface area contributed by atoms with Crippen LogP contribution < -0.4 is 25.0 Å². The summed E-state index contributed by atoms with van der Waals surface area (Å²) < 4.78 is 29.5. The molecule has 0 radical (unpaired) electrons. The van der Waals surface area contributed by atoms with Crippen LogP contribution in [0.5, 0.6) is 17.2 Å². The monoisotopic (exact) mass is 449 g/mol. The quantitative estimate of drug-likeness (QED) is 0.427. The normalized spacial score (nSPS) is 14.5. The highest BCUT2D eigenvalue weighted by Gasteiger charge is 2.26. The van der Waals surface area contributed by atoms with Crippen molar-refractivity contribution in [3.8, 4) is 17.2 Å². The van der Waals surface area contributed by atoms with Crippen LogP contribution in [0.25, 0.3) is 0 Å². The number of nitrogens with zero attached hydrogens (tertiary/aromatic N) is 1. The first kappa shape index (κ1) is 21.8. The molecule has 9 heteroatoms. The lowest BCUT2D eigenvalue weighted by Crippen LogP contribution is -2.42. The van der Waals surface area contributed by atoms with Gasteiger partial charge in [0.15, 0.2) is 18.1 Å². The van der Waals surface area contributed by atoms with Gasteiger partial charge in [-0.3, -0.25) is 9.59 Å². The van der Waals surface area contributed by atoms with Gasteiger partial charge in [0.25, 0.3) is 11.8 Å². The Balaban J connectivity index is 1.21. The summed E-state index contributed by atoms with van der Waals surface area (Å²) in [6.07, 6.45) is 0.675. The van der Waals surface area contributed by atoms with Crippen molar-refractivity contribution < 1.29 is 28.2 Å². The van der Waals surface area contributed by atoms with Crippen molar-refractivity contribution in [1.82, 2.24) is 5.43 Å². The molecule has 4 rings (SSSR count). The fourth-order valence-corrected chi connectivity index (χ4v) is 2.92. The van der Waals surface area contributed by atoms with Crippen LogP contribution in [0.2, 0.25) is 0 Å². The average molecular weight is 449 g/mol. The first-order valence-electron chi connectivity index (χ1n) is 10.1. The first-order valence-corrected chi connectivity index (χ1v) is 10.1. The van der Waals surface area contributed by atoms with Crippen LogP contribution in [0, 0.1) is 5.82 Å². The van der Waals surface area contributed by atoms with E-state index >= 15 is 0 Å². The third-order valence-corrected chi connectivity index (χ3v) is 4.57. The summed E-state index contributed by atoms with van der Waals surface area (Å²) in [6.45, 7) is -0.105. The van der Waals surface area contributed by atoms with E-state index in [1.807, 2.05) is 6.07 Å². The molecular weight excluding hydrogens is 429 g/mol. The van der Waals surface area contributed by atoms with Crippen LogP contribution >= 0.6 is 0 Å². The Labute approximate surface area is 189 Å². The molecule has 168 valence electrons. The summed E-state index contributed by atoms with van der Waals surface area (Å²) in [5.41, 5.74) is 3.62. The highest BCUT2D eigenvalue weighted by atomic mass is 19.1. The largest absolute Gasteiger partial charge is 0.485 e. The number of benzene rings is 3. The minimum absolute atomic E-state index is 0.0964. The maximum atomic E-state index is 12.9. The lowest BCUT2D eigenvalue weighted by Gasteiger charge is -2.24. The molecule has 0 aromatic heterocycles. The maximum Gasteiger partial charge on any atom is 0.284 e. The molecule has 1 atom stereocenters. The molecule has 0 unspecified atom stereocenters. The van der Waals surface area contributed by atoms with Crippen LogP contribution in [-0.4, -0.2) is 37.3 Å². The number of ether oxygens (including phenoxy) is 3. The molecule has 33 heavy (non-hydrogen) atoms. The third-order valence-electron chi connectivity index (χ3n) is 4.57. The number of fused-ring (bicyclic) bond motifs is 1. The van der Waals surface area contributed by atoms with Gasteiger partial charge in [-0.1, -0.05) is 12.1 Å². The van der Waals surface area contributed by atoms with E-state index in [2.05, 4.69) is 15.8 Å². The SMILES string of the molecule is O=C(COc1ccc(/C=N\NC(=O)[C@H]2COc3ccccc3O2)cc1)Nc1ccc(F)cc1. The summed E-state index contributed by atoms with van der Waals surface area (Å²) in [5.74, 6) is 0.417. The Hall–Kier alpha value is -4.40. The number of hydrogen-bond donors (Lipinski definition) is 2. The van der Waals surface area contributed by atoms with Crippen molar-refractivity contribution in [1.29, 1.82) is 0 Å². The zero-order valence-electron chi connectivity index (χ0n) is 17.4. The van der Waals surface area contributed by atoms with Crippen molar-refractivity contribution in [2.75, 3.05) is 18.5 Å². The van der Waals surface area contributed by atoms with Crippen molar-refractivity contribution in [2.24, 2.45) is 5.10 Å². The molecule has 0 bridgehead atoms. The van der Waals surface area contributed by atoms with Crippen LogP contribution in [0.4, 0.5) is 10.1 Å². The van der Waals surface area contributed by atoms with Crippen LogP contribution in [-0.2, 0) is 9.59 Å². The van der Waals surface area contributed by atoms with Gasteiger partial charge in [0.05, 0.1) is 6.21 Å². The Morgan fingerprint density at radius 1 is 1.03 bits per heavy atom. The van der Waals surface area contributed by atoms with E-state index in [1.165, 1.54) is 30.5 Å². The number of halogens is 1. The standard InChI is InChI=1S/C24H20FN3O5/c25-17-7-9-18(10-8-17)27-23(29)15-31-19-11-5-16(6-12-19)13-26-28-24(30)22-14-32-20-3-1-2-4-21(20)33-22/h1-13,22H,14-15H2,(H,27,29)(H,28,30)/b26-13-/t22-/m1/s1. The van der Waals surface area contributed by atoms with Crippen molar-refractivity contribution >= 4 is 23.7 Å². The minimum Gasteiger partial charge on any atom is -0.485 e. The van der Waals surface area contributed by atoms with E-state index < -0.39 is 12.0 Å². The number of rotatable bonds is 7. The Morgan fingerprint density at radius 2 is 1.76 bits per heavy atom. The molecule has 1 heterocycles. The molecule has 3 aromatic carbocycles. The van der Waals surface area contributed by atoms with Gasteiger partial charge in [-0.25, -0.2) is 9.82 Å². The summed E-state index contributed by atoms with van der Waals surface area (Å²) in [5, 5.41) is 6.55. The fourth-order valence-electron chi connectivity index (χ4n) is 2.92. The number of anilines is 1. The van der Waals surface area contributed by atoms with E-state index in [1.54, 1.807) is 42.5 Å². The molecule has 0 fully saturated rings. The number of carbonyl (C=O) groups is 2. The van der Waals surface area contributed by atoms with Crippen molar-refractivity contribution in [3.05, 3.63) is 84.2 Å². The predicted molar refractivity (Wildman–Crippen MR) is 119 cm³/mol. The first-order chi connectivity index (χ1) is 16.1. The van der Waals surface area contributed by atoms with Crippen molar-refractivity contribution in [2.45, 2.75) is 6.10 Å². The number of hydrogen-bond acceptors (Lipinski definition) is 6. The molecule has 1 aliphatic heterocycles. The smallest absolute Gasteiger partial charge is 0.284 e. The second-order valence-corrected chi connectivity index (χ2v) is 7.01. The van der Waals surface area contributed by atoms with Gasteiger partial charge in [-0.2, -0.15) is 5.10 Å². The van der Waals surface area contributed by atoms with Gasteiger partial charge in [0, 0.05) is 5.69 Å². The van der Waals surface area contributed by atoms with Crippen LogP contribution in [0.15, 0.2) is 77.9 Å². The molecule has 2 amide bonds. The molecule has 3 aromatic rings. The Morgan fingerprint density at radius 3 is 2.52 bits per heavy atom. The molecule has 0 spiro atoms. The van der Waals surface area contributed by atoms with Gasteiger partial charge in [-0.15, -0.1) is 0 Å². The summed E-state index contributed by atoms with van der Waals surface area (Å²) in [6, 6.07) is 19.4. The zero-order valence-corrected chi connectivity index (χ0v) is 17.4. The molecule has 0 aliphatic carbocycles. The van der Waals surface area contributed by atoms with E-state index in [-0.39, 0.29) is 24.9 Å². The van der Waals surface area contributed by atoms with Crippen molar-refractivity contribution in [3.63, 3.8) is 0 Å². The molecule has 1 aliphatic rings. The fraction of sp³-hybridized carbons (Fsp3) is 0.125. The van der Waals surface area contributed by atoms with Gasteiger partial charge in [0.2, 0.25) is 6.10 Å². The maximum absolute atomic E-state index is 12.9.